The Labute approximate surface area is 142 Å². The van der Waals surface area contributed by atoms with Crippen LogP contribution in [0.15, 0.2) is 29.5 Å². The van der Waals surface area contributed by atoms with E-state index in [0.717, 1.165) is 12.0 Å². The number of H-pyrrole nitrogens is 1. The fourth-order valence-electron chi connectivity index (χ4n) is 3.27. The number of hydrogen-bond donors (Lipinski definition) is 3. The summed E-state index contributed by atoms with van der Waals surface area (Å²) in [4.78, 5) is 3.34. The zero-order valence-electron chi connectivity index (χ0n) is 13.6. The van der Waals surface area contributed by atoms with E-state index in [-0.39, 0.29) is 0 Å². The van der Waals surface area contributed by atoms with Crippen LogP contribution in [-0.2, 0) is 6.42 Å². The van der Waals surface area contributed by atoms with Crippen LogP contribution < -0.4 is 10.7 Å². The summed E-state index contributed by atoms with van der Waals surface area (Å²) in [7, 11) is 0. The summed E-state index contributed by atoms with van der Waals surface area (Å²) in [6.07, 6.45) is 11.2. The van der Waals surface area contributed by atoms with Gasteiger partial charge < -0.3 is 10.3 Å². The Bertz CT molecular complexity index is 698. The molecule has 1 aliphatic carbocycles. The van der Waals surface area contributed by atoms with Gasteiger partial charge in [0.05, 0.1) is 6.21 Å². The van der Waals surface area contributed by atoms with Crippen molar-refractivity contribution in [1.29, 1.82) is 0 Å². The number of nitrogens with one attached hydrogen (secondary N) is 3. The van der Waals surface area contributed by atoms with E-state index in [1.54, 1.807) is 0 Å². The minimum absolute atomic E-state index is 0.499. The first-order chi connectivity index (χ1) is 11.3. The van der Waals surface area contributed by atoms with Gasteiger partial charge in [-0.25, -0.2) is 0 Å². The quantitative estimate of drug-likeness (QED) is 0.454. The van der Waals surface area contributed by atoms with Crippen molar-refractivity contribution >= 4 is 34.4 Å². The van der Waals surface area contributed by atoms with Crippen molar-refractivity contribution in [2.24, 2.45) is 5.10 Å². The van der Waals surface area contributed by atoms with Gasteiger partial charge >= 0.3 is 0 Å². The van der Waals surface area contributed by atoms with E-state index in [0.29, 0.717) is 11.2 Å². The topological polar surface area (TPSA) is 52.2 Å². The molecule has 0 amide bonds. The first-order valence-electron chi connectivity index (χ1n) is 8.46. The number of rotatable bonds is 4. The van der Waals surface area contributed by atoms with Crippen LogP contribution in [-0.4, -0.2) is 22.4 Å². The van der Waals surface area contributed by atoms with Crippen molar-refractivity contribution < 1.29 is 0 Å². The highest BCUT2D eigenvalue weighted by atomic mass is 32.1. The molecule has 0 atom stereocenters. The lowest BCUT2D eigenvalue weighted by Gasteiger charge is -2.23. The molecule has 0 unspecified atom stereocenters. The summed E-state index contributed by atoms with van der Waals surface area (Å²) >= 11 is 5.32. The lowest BCUT2D eigenvalue weighted by molar-refractivity contribution is 0.412. The standard InChI is InChI=1S/C18H24N4S/c1-2-13-7-6-10-16-14(11-19-17(13)16)12-20-22-18(23)21-15-8-4-3-5-9-15/h6-7,10-12,15,19H,2-5,8-9H2,1H3,(H2,21,22,23). The van der Waals surface area contributed by atoms with Crippen LogP contribution >= 0.6 is 12.2 Å². The smallest absolute Gasteiger partial charge is 0.187 e. The fourth-order valence-corrected chi connectivity index (χ4v) is 3.48. The molecule has 0 aliphatic heterocycles. The molecule has 1 aromatic carbocycles. The lowest BCUT2D eigenvalue weighted by Crippen LogP contribution is -2.40. The third kappa shape index (κ3) is 3.91. The van der Waals surface area contributed by atoms with Crippen LogP contribution in [0.2, 0.25) is 0 Å². The maximum absolute atomic E-state index is 5.32. The largest absolute Gasteiger partial charge is 0.360 e. The van der Waals surface area contributed by atoms with Gasteiger partial charge in [-0.15, -0.1) is 0 Å². The number of nitrogens with zero attached hydrogens (tertiary/aromatic N) is 1. The van der Waals surface area contributed by atoms with E-state index in [9.17, 15) is 0 Å². The van der Waals surface area contributed by atoms with Crippen molar-refractivity contribution in [3.63, 3.8) is 0 Å². The normalized spacial score (nSPS) is 16.0. The molecule has 1 aliphatic rings. The van der Waals surface area contributed by atoms with E-state index in [2.05, 4.69) is 46.0 Å². The zero-order chi connectivity index (χ0) is 16.1. The molecule has 0 radical (unpaired) electrons. The average Bonchev–Trinajstić information content (AvgIpc) is 2.99. The van der Waals surface area contributed by atoms with Crippen LogP contribution in [0, 0.1) is 0 Å². The van der Waals surface area contributed by atoms with Gasteiger partial charge in [0.2, 0.25) is 0 Å². The molecule has 5 heteroatoms. The van der Waals surface area contributed by atoms with Crippen molar-refractivity contribution in [2.45, 2.75) is 51.5 Å². The van der Waals surface area contributed by atoms with Crippen molar-refractivity contribution in [1.82, 2.24) is 15.7 Å². The van der Waals surface area contributed by atoms with Gasteiger partial charge in [0.15, 0.2) is 5.11 Å². The Morgan fingerprint density at radius 2 is 2.17 bits per heavy atom. The predicted molar refractivity (Wildman–Crippen MR) is 101 cm³/mol. The number of hydrazone groups is 1. The number of aromatic amines is 1. The molecule has 0 spiro atoms. The maximum atomic E-state index is 5.32. The number of fused-ring (bicyclic) bond motifs is 1. The number of aryl methyl sites for hydroxylation is 1. The number of thiocarbonyl (C=S) groups is 1. The van der Waals surface area contributed by atoms with E-state index < -0.39 is 0 Å². The monoisotopic (exact) mass is 328 g/mol. The van der Waals surface area contributed by atoms with Crippen LogP contribution in [0.5, 0.6) is 0 Å². The van der Waals surface area contributed by atoms with E-state index >= 15 is 0 Å². The first kappa shape index (κ1) is 16.0. The Hall–Kier alpha value is -1.88. The van der Waals surface area contributed by atoms with Crippen molar-refractivity contribution in [2.75, 3.05) is 0 Å². The highest BCUT2D eigenvalue weighted by molar-refractivity contribution is 7.80. The number of aromatic nitrogens is 1. The molecule has 1 fully saturated rings. The summed E-state index contributed by atoms with van der Waals surface area (Å²) < 4.78 is 0. The molecule has 3 N–H and O–H groups in total. The molecule has 0 saturated heterocycles. The molecular formula is C18H24N4S. The summed E-state index contributed by atoms with van der Waals surface area (Å²) in [6.45, 7) is 2.17. The highest BCUT2D eigenvalue weighted by Gasteiger charge is 2.13. The summed E-state index contributed by atoms with van der Waals surface area (Å²) in [5.74, 6) is 0. The second kappa shape index (κ2) is 7.59. The average molecular weight is 328 g/mol. The number of benzene rings is 1. The second-order valence-electron chi connectivity index (χ2n) is 6.12. The minimum atomic E-state index is 0.499. The molecule has 122 valence electrons. The third-order valence-electron chi connectivity index (χ3n) is 4.52. The van der Waals surface area contributed by atoms with Gasteiger partial charge in [-0.2, -0.15) is 5.10 Å². The lowest BCUT2D eigenvalue weighted by atomic mass is 9.96. The summed E-state index contributed by atoms with van der Waals surface area (Å²) in [5, 5.41) is 9.45. The molecule has 2 aromatic rings. The Kier molecular flexibility index (Phi) is 5.28. The SMILES string of the molecule is CCc1cccc2c(C=NNC(=S)NC3CCCCC3)c[nH]c12. The third-order valence-corrected chi connectivity index (χ3v) is 4.73. The molecule has 1 heterocycles. The first-order valence-corrected chi connectivity index (χ1v) is 8.87. The molecule has 0 bridgehead atoms. The van der Waals surface area contributed by atoms with Crippen LogP contribution in [0.3, 0.4) is 0 Å². The molecule has 3 rings (SSSR count). The molecule has 4 nitrogen and oxygen atoms in total. The van der Waals surface area contributed by atoms with Crippen molar-refractivity contribution in [3.05, 3.63) is 35.5 Å². The maximum Gasteiger partial charge on any atom is 0.187 e. The number of hydrogen-bond acceptors (Lipinski definition) is 2. The minimum Gasteiger partial charge on any atom is -0.360 e. The van der Waals surface area contributed by atoms with Gasteiger partial charge in [-0.05, 0) is 37.0 Å². The highest BCUT2D eigenvalue weighted by Crippen LogP contribution is 2.21. The van der Waals surface area contributed by atoms with Gasteiger partial charge in [0, 0.05) is 28.7 Å². The van der Waals surface area contributed by atoms with E-state index in [1.807, 2.05) is 12.4 Å². The molecule has 1 aromatic heterocycles. The molecule has 1 saturated carbocycles. The van der Waals surface area contributed by atoms with Gasteiger partial charge in [0.25, 0.3) is 0 Å². The summed E-state index contributed by atoms with van der Waals surface area (Å²) in [6, 6.07) is 6.86. The van der Waals surface area contributed by atoms with Crippen LogP contribution in [0.4, 0.5) is 0 Å². The van der Waals surface area contributed by atoms with E-state index in [1.165, 1.54) is 48.6 Å². The zero-order valence-corrected chi connectivity index (χ0v) is 14.4. The van der Waals surface area contributed by atoms with E-state index in [4.69, 9.17) is 12.2 Å². The van der Waals surface area contributed by atoms with Crippen LogP contribution in [0.25, 0.3) is 10.9 Å². The Morgan fingerprint density at radius 1 is 1.35 bits per heavy atom. The Balaban J connectivity index is 1.60. The van der Waals surface area contributed by atoms with Gasteiger partial charge in [0.1, 0.15) is 0 Å². The fraction of sp³-hybridized carbons (Fsp3) is 0.444. The Morgan fingerprint density at radius 3 is 2.96 bits per heavy atom. The molecule has 23 heavy (non-hydrogen) atoms. The second-order valence-corrected chi connectivity index (χ2v) is 6.52. The van der Waals surface area contributed by atoms with Crippen LogP contribution in [0.1, 0.15) is 50.2 Å². The number of para-hydroxylation sites is 1. The predicted octanol–water partition coefficient (Wildman–Crippen LogP) is 3.86. The van der Waals surface area contributed by atoms with Crippen molar-refractivity contribution in [3.8, 4) is 0 Å². The molecular weight excluding hydrogens is 304 g/mol. The summed E-state index contributed by atoms with van der Waals surface area (Å²) in [5.41, 5.74) is 6.53. The van der Waals surface area contributed by atoms with Gasteiger partial charge in [-0.3, -0.25) is 5.43 Å². The van der Waals surface area contributed by atoms with Gasteiger partial charge in [-0.1, -0.05) is 44.4 Å².